The van der Waals surface area contributed by atoms with E-state index in [1.807, 2.05) is 53.1 Å². The van der Waals surface area contributed by atoms with E-state index in [1.54, 1.807) is 18.7 Å². The summed E-state index contributed by atoms with van der Waals surface area (Å²) in [7, 11) is 0. The summed E-state index contributed by atoms with van der Waals surface area (Å²) in [6, 6.07) is 15.3. The van der Waals surface area contributed by atoms with Crippen molar-refractivity contribution in [2.45, 2.75) is 6.42 Å². The third-order valence-electron chi connectivity index (χ3n) is 4.08. The molecule has 2 N–H and O–H groups in total. The summed E-state index contributed by atoms with van der Waals surface area (Å²) in [6.07, 6.45) is 5.39. The number of nitrogens with zero attached hydrogens (tertiary/aromatic N) is 4. The fourth-order valence-corrected chi connectivity index (χ4v) is 3.00. The quantitative estimate of drug-likeness (QED) is 0.436. The number of para-hydroxylation sites is 1. The number of fused-ring (bicyclic) bond motifs is 1. The summed E-state index contributed by atoms with van der Waals surface area (Å²) in [5.41, 5.74) is 3.26. The molecule has 2 aromatic heterocycles. The fourth-order valence-electron chi connectivity index (χ4n) is 2.79. The number of thiol groups is 1. The molecule has 4 aromatic rings. The van der Waals surface area contributed by atoms with E-state index in [0.717, 1.165) is 16.7 Å². The molecule has 0 fully saturated rings. The van der Waals surface area contributed by atoms with Gasteiger partial charge in [-0.15, -0.1) is 0 Å². The van der Waals surface area contributed by atoms with Gasteiger partial charge in [-0.05, 0) is 36.1 Å². The van der Waals surface area contributed by atoms with Gasteiger partial charge in [-0.2, -0.15) is 12.6 Å². The van der Waals surface area contributed by atoms with Gasteiger partial charge < -0.3 is 10.6 Å². The van der Waals surface area contributed by atoms with Crippen molar-refractivity contribution < 1.29 is 4.79 Å². The molecular weight excluding hydrogens is 372 g/mol. The molecule has 0 aliphatic carbocycles. The van der Waals surface area contributed by atoms with E-state index < -0.39 is 0 Å². The van der Waals surface area contributed by atoms with Crippen molar-refractivity contribution in [2.24, 2.45) is 0 Å². The summed E-state index contributed by atoms with van der Waals surface area (Å²) in [4.78, 5) is 25.2. The number of hydrogen-bond acceptors (Lipinski definition) is 6. The van der Waals surface area contributed by atoms with Crippen molar-refractivity contribution in [3.05, 3.63) is 67.3 Å². The maximum Gasteiger partial charge on any atom is 0.225 e. The van der Waals surface area contributed by atoms with Crippen LogP contribution in [0.3, 0.4) is 0 Å². The van der Waals surface area contributed by atoms with Crippen LogP contribution in [0.1, 0.15) is 6.42 Å². The third kappa shape index (κ3) is 3.96. The topological polar surface area (TPSA) is 84.7 Å². The Morgan fingerprint density at radius 1 is 1.07 bits per heavy atom. The van der Waals surface area contributed by atoms with Gasteiger partial charge in [-0.25, -0.2) is 9.97 Å². The Bertz CT molecular complexity index is 1110. The highest BCUT2D eigenvalue weighted by Gasteiger charge is 2.09. The number of carbonyl (C=O) groups excluding carboxylic acids is 1. The molecule has 4 rings (SSSR count). The van der Waals surface area contributed by atoms with Crippen LogP contribution >= 0.6 is 12.6 Å². The van der Waals surface area contributed by atoms with E-state index in [1.165, 1.54) is 0 Å². The number of imidazole rings is 1. The first kappa shape index (κ1) is 18.0. The Morgan fingerprint density at radius 2 is 1.93 bits per heavy atom. The molecule has 0 atom stereocenters. The van der Waals surface area contributed by atoms with Crippen molar-refractivity contribution in [3.8, 4) is 5.82 Å². The van der Waals surface area contributed by atoms with E-state index in [-0.39, 0.29) is 5.91 Å². The Kier molecular flexibility index (Phi) is 5.20. The number of amides is 1. The zero-order valence-corrected chi connectivity index (χ0v) is 15.8. The number of aromatic nitrogens is 4. The number of anilines is 3. The second-order valence-electron chi connectivity index (χ2n) is 6.09. The second-order valence-corrected chi connectivity index (χ2v) is 6.54. The third-order valence-corrected chi connectivity index (χ3v) is 4.31. The van der Waals surface area contributed by atoms with Crippen molar-refractivity contribution in [2.75, 3.05) is 16.4 Å². The largest absolute Gasteiger partial charge is 0.339 e. The van der Waals surface area contributed by atoms with Gasteiger partial charge in [0.25, 0.3) is 0 Å². The zero-order chi connectivity index (χ0) is 19.3. The van der Waals surface area contributed by atoms with Crippen molar-refractivity contribution >= 4 is 46.8 Å². The first-order valence-electron chi connectivity index (χ1n) is 8.75. The van der Waals surface area contributed by atoms with Crippen LogP contribution in [0.25, 0.3) is 16.9 Å². The Morgan fingerprint density at radius 3 is 2.75 bits per heavy atom. The Balaban J connectivity index is 1.65. The first-order valence-corrected chi connectivity index (χ1v) is 9.38. The molecule has 0 aliphatic heterocycles. The number of rotatable bonds is 6. The zero-order valence-electron chi connectivity index (χ0n) is 14.9. The monoisotopic (exact) mass is 390 g/mol. The summed E-state index contributed by atoms with van der Waals surface area (Å²) in [5, 5.41) is 6.10. The predicted molar refractivity (Wildman–Crippen MR) is 113 cm³/mol. The van der Waals surface area contributed by atoms with Crippen LogP contribution in [0, 0.1) is 0 Å². The highest BCUT2D eigenvalue weighted by molar-refractivity contribution is 7.80. The molecule has 2 heterocycles. The van der Waals surface area contributed by atoms with Gasteiger partial charge in [0.05, 0.1) is 23.4 Å². The van der Waals surface area contributed by atoms with Gasteiger partial charge in [-0.1, -0.05) is 18.2 Å². The minimum Gasteiger partial charge on any atom is -0.339 e. The van der Waals surface area contributed by atoms with E-state index in [4.69, 9.17) is 0 Å². The van der Waals surface area contributed by atoms with Gasteiger partial charge >= 0.3 is 0 Å². The molecule has 7 nitrogen and oxygen atoms in total. The minimum absolute atomic E-state index is 0.0748. The van der Waals surface area contributed by atoms with Gasteiger partial charge in [0.15, 0.2) is 11.6 Å². The van der Waals surface area contributed by atoms with Gasteiger partial charge in [0.2, 0.25) is 5.91 Å². The van der Waals surface area contributed by atoms with Gasteiger partial charge in [0.1, 0.15) is 6.33 Å². The van der Waals surface area contributed by atoms with Gasteiger partial charge in [-0.3, -0.25) is 14.3 Å². The highest BCUT2D eigenvalue weighted by Crippen LogP contribution is 2.22. The van der Waals surface area contributed by atoms with Crippen LogP contribution in [0.2, 0.25) is 0 Å². The maximum absolute atomic E-state index is 11.8. The molecule has 8 heteroatoms. The summed E-state index contributed by atoms with van der Waals surface area (Å²) in [6.45, 7) is 0. The predicted octanol–water partition coefficient (Wildman–Crippen LogP) is 3.82. The molecule has 0 unspecified atom stereocenters. The van der Waals surface area contributed by atoms with Crippen LogP contribution in [0.15, 0.2) is 67.3 Å². The fraction of sp³-hybridized carbons (Fsp3) is 0.100. The molecular formula is C20H18N6OS. The lowest BCUT2D eigenvalue weighted by atomic mass is 10.2. The summed E-state index contributed by atoms with van der Waals surface area (Å²) < 4.78 is 1.84. The van der Waals surface area contributed by atoms with Crippen LogP contribution in [-0.4, -0.2) is 31.2 Å². The highest BCUT2D eigenvalue weighted by atomic mass is 32.1. The molecule has 0 aliphatic rings. The molecule has 0 spiro atoms. The summed E-state index contributed by atoms with van der Waals surface area (Å²) in [5.74, 6) is 1.68. The lowest BCUT2D eigenvalue weighted by Gasteiger charge is -2.09. The number of carbonyl (C=O) groups is 1. The number of nitrogens with one attached hydrogen (secondary N) is 2. The lowest BCUT2D eigenvalue weighted by Crippen LogP contribution is -2.11. The molecule has 0 radical (unpaired) electrons. The van der Waals surface area contributed by atoms with Crippen molar-refractivity contribution in [1.82, 2.24) is 19.5 Å². The smallest absolute Gasteiger partial charge is 0.225 e. The van der Waals surface area contributed by atoms with Crippen LogP contribution in [-0.2, 0) is 4.79 Å². The van der Waals surface area contributed by atoms with Crippen LogP contribution < -0.4 is 10.6 Å². The second kappa shape index (κ2) is 8.10. The average molecular weight is 390 g/mol. The molecule has 140 valence electrons. The summed E-state index contributed by atoms with van der Waals surface area (Å²) >= 11 is 4.09. The average Bonchev–Trinajstić information content (AvgIpc) is 3.12. The van der Waals surface area contributed by atoms with E-state index in [2.05, 4.69) is 38.2 Å². The van der Waals surface area contributed by atoms with E-state index >= 15 is 0 Å². The SMILES string of the molecule is O=C(CCS)Nc1ccc2ncn(-c3cncc(Nc4ccccc4)n3)c2c1. The Hall–Kier alpha value is -3.39. The van der Waals surface area contributed by atoms with Crippen LogP contribution in [0.5, 0.6) is 0 Å². The lowest BCUT2D eigenvalue weighted by molar-refractivity contribution is -0.115. The van der Waals surface area contributed by atoms with Crippen molar-refractivity contribution in [3.63, 3.8) is 0 Å². The number of hydrogen-bond donors (Lipinski definition) is 3. The maximum atomic E-state index is 11.8. The Labute approximate surface area is 167 Å². The van der Waals surface area contributed by atoms with Crippen molar-refractivity contribution in [1.29, 1.82) is 0 Å². The van der Waals surface area contributed by atoms with Gasteiger partial charge in [0, 0.05) is 17.8 Å². The van der Waals surface area contributed by atoms with E-state index in [9.17, 15) is 4.79 Å². The van der Waals surface area contributed by atoms with E-state index in [0.29, 0.717) is 29.5 Å². The molecule has 0 bridgehead atoms. The molecule has 0 saturated carbocycles. The molecule has 2 aromatic carbocycles. The standard InChI is InChI=1S/C20H18N6OS/c27-20(8-9-28)24-15-6-7-16-17(10-15)26(13-22-16)19-12-21-11-18(25-19)23-14-4-2-1-3-5-14/h1-7,10-13,28H,8-9H2,(H,23,25)(H,24,27). The normalized spacial score (nSPS) is 10.8. The van der Waals surface area contributed by atoms with Crippen LogP contribution in [0.4, 0.5) is 17.2 Å². The molecule has 1 amide bonds. The number of benzene rings is 2. The minimum atomic E-state index is -0.0748. The molecule has 0 saturated heterocycles. The first-order chi connectivity index (χ1) is 13.7. The molecule has 28 heavy (non-hydrogen) atoms.